The molecule has 170 valence electrons. The summed E-state index contributed by atoms with van der Waals surface area (Å²) in [5.74, 6) is 3.01. The standard InChI is InChI=1S/C24H31ClN6O/c1-32-18-7-4-12-26-21(18)16-5-2-6-17(28-16)22-23(25)31-19(29-22)8-3-9-20(31)30-14-13-27-24(15-30)10-11-24/h3-4,7-9,12,16-17,22-23,27-28H,2,5-6,10-11,13-15H2,1H3/t16-,17+,22?,23?/m0/s1. The average molecular weight is 455 g/mol. The van der Waals surface area contributed by atoms with E-state index in [4.69, 9.17) is 21.3 Å². The minimum absolute atomic E-state index is 0.00637. The topological polar surface area (TPSA) is 65.0 Å². The molecule has 0 bridgehead atoms. The molecular weight excluding hydrogens is 424 g/mol. The fourth-order valence-electron chi connectivity index (χ4n) is 5.69. The van der Waals surface area contributed by atoms with Crippen LogP contribution in [0.5, 0.6) is 5.75 Å². The number of fused-ring (bicyclic) bond motifs is 1. The predicted octanol–water partition coefficient (Wildman–Crippen LogP) is 2.77. The molecule has 1 aromatic rings. The second-order valence-corrected chi connectivity index (χ2v) is 10.0. The lowest BCUT2D eigenvalue weighted by Crippen LogP contribution is -2.56. The molecule has 1 saturated carbocycles. The molecule has 32 heavy (non-hydrogen) atoms. The zero-order valence-corrected chi connectivity index (χ0v) is 19.3. The van der Waals surface area contributed by atoms with Gasteiger partial charge in [0.1, 0.15) is 28.9 Å². The zero-order chi connectivity index (χ0) is 21.7. The van der Waals surface area contributed by atoms with Crippen molar-refractivity contribution in [2.75, 3.05) is 26.7 Å². The highest BCUT2D eigenvalue weighted by atomic mass is 35.5. The van der Waals surface area contributed by atoms with Crippen molar-refractivity contribution < 1.29 is 4.74 Å². The number of hydrogen-bond acceptors (Lipinski definition) is 7. The van der Waals surface area contributed by atoms with Crippen LogP contribution in [-0.4, -0.2) is 70.5 Å². The molecule has 7 nitrogen and oxygen atoms in total. The maximum absolute atomic E-state index is 7.15. The second-order valence-electron chi connectivity index (χ2n) is 9.58. The molecule has 6 rings (SSSR count). The number of alkyl halides is 1. The van der Waals surface area contributed by atoms with E-state index in [1.54, 1.807) is 7.11 Å². The largest absolute Gasteiger partial charge is 0.495 e. The number of nitrogens with one attached hydrogen (secondary N) is 2. The highest BCUT2D eigenvalue weighted by Crippen LogP contribution is 2.41. The van der Waals surface area contributed by atoms with Crippen molar-refractivity contribution in [1.29, 1.82) is 0 Å². The van der Waals surface area contributed by atoms with Gasteiger partial charge in [0.15, 0.2) is 0 Å². The van der Waals surface area contributed by atoms with E-state index < -0.39 is 0 Å². The summed E-state index contributed by atoms with van der Waals surface area (Å²) in [7, 11) is 1.71. The van der Waals surface area contributed by atoms with E-state index in [2.05, 4.69) is 43.6 Å². The van der Waals surface area contributed by atoms with E-state index in [0.717, 1.165) is 56.2 Å². The summed E-state index contributed by atoms with van der Waals surface area (Å²) < 4.78 is 5.57. The maximum atomic E-state index is 7.15. The number of ether oxygens (including phenoxy) is 1. The Bertz CT molecular complexity index is 973. The van der Waals surface area contributed by atoms with Crippen LogP contribution in [0.25, 0.3) is 0 Å². The summed E-state index contributed by atoms with van der Waals surface area (Å²) in [5.41, 5.74) is 1.09. The van der Waals surface area contributed by atoms with Gasteiger partial charge >= 0.3 is 0 Å². The van der Waals surface area contributed by atoms with Crippen molar-refractivity contribution in [3.63, 3.8) is 0 Å². The van der Waals surface area contributed by atoms with Crippen LogP contribution >= 0.6 is 11.6 Å². The molecule has 2 saturated heterocycles. The Hall–Kier alpha value is -2.09. The van der Waals surface area contributed by atoms with Gasteiger partial charge in [-0.15, -0.1) is 0 Å². The molecule has 8 heteroatoms. The highest BCUT2D eigenvalue weighted by molar-refractivity contribution is 6.23. The van der Waals surface area contributed by atoms with E-state index in [0.29, 0.717) is 5.54 Å². The lowest BCUT2D eigenvalue weighted by molar-refractivity contribution is 0.182. The van der Waals surface area contributed by atoms with Crippen molar-refractivity contribution in [3.8, 4) is 5.75 Å². The van der Waals surface area contributed by atoms with Crippen molar-refractivity contribution in [2.45, 2.75) is 61.3 Å². The number of allylic oxidation sites excluding steroid dienone is 2. The first-order valence-electron chi connectivity index (χ1n) is 11.8. The molecule has 2 unspecified atom stereocenters. The zero-order valence-electron chi connectivity index (χ0n) is 18.5. The molecule has 0 radical (unpaired) electrons. The summed E-state index contributed by atoms with van der Waals surface area (Å²) in [6, 6.07) is 4.25. The molecule has 0 aromatic carbocycles. The predicted molar refractivity (Wildman–Crippen MR) is 126 cm³/mol. The number of nitrogens with zero attached hydrogens (tertiary/aromatic N) is 4. The van der Waals surface area contributed by atoms with Gasteiger partial charge < -0.3 is 20.3 Å². The molecule has 3 fully saturated rings. The summed E-state index contributed by atoms with van der Waals surface area (Å²) in [4.78, 5) is 14.5. The van der Waals surface area contributed by atoms with Crippen LogP contribution in [0.1, 0.15) is 43.8 Å². The van der Waals surface area contributed by atoms with Crippen LogP contribution in [0, 0.1) is 0 Å². The van der Waals surface area contributed by atoms with Gasteiger partial charge in [-0.1, -0.05) is 17.7 Å². The van der Waals surface area contributed by atoms with Crippen molar-refractivity contribution >= 4 is 17.4 Å². The molecule has 1 spiro atoms. The van der Waals surface area contributed by atoms with Gasteiger partial charge in [-0.05, 0) is 56.4 Å². The monoisotopic (exact) mass is 454 g/mol. The van der Waals surface area contributed by atoms with Gasteiger partial charge in [-0.3, -0.25) is 14.9 Å². The molecule has 4 atom stereocenters. The molecule has 2 N–H and O–H groups in total. The molecule has 5 aliphatic rings. The van der Waals surface area contributed by atoms with E-state index in [1.165, 1.54) is 18.7 Å². The molecule has 1 aromatic heterocycles. The van der Waals surface area contributed by atoms with Crippen LogP contribution in [0.3, 0.4) is 0 Å². The van der Waals surface area contributed by atoms with Gasteiger partial charge in [-0.25, -0.2) is 0 Å². The first-order valence-corrected chi connectivity index (χ1v) is 12.3. The van der Waals surface area contributed by atoms with Crippen LogP contribution in [0.4, 0.5) is 0 Å². The lowest BCUT2D eigenvalue weighted by atomic mass is 9.92. The number of amidine groups is 1. The number of pyridine rings is 1. The number of hydrogen-bond donors (Lipinski definition) is 2. The fraction of sp³-hybridized carbons (Fsp3) is 0.583. The minimum Gasteiger partial charge on any atom is -0.495 e. The summed E-state index contributed by atoms with van der Waals surface area (Å²) in [5, 5.41) is 7.52. The highest BCUT2D eigenvalue weighted by Gasteiger charge is 2.48. The Balaban J connectivity index is 1.21. The third kappa shape index (κ3) is 3.51. The van der Waals surface area contributed by atoms with Crippen LogP contribution < -0.4 is 15.4 Å². The van der Waals surface area contributed by atoms with Crippen molar-refractivity contribution in [1.82, 2.24) is 25.4 Å². The Labute approximate surface area is 194 Å². The SMILES string of the molecule is COc1cccnc1[C@@H]1CCC[C@H](C2N=C3C=CC=C(N4CCNC5(CC5)C4)N3C2Cl)N1. The summed E-state index contributed by atoms with van der Waals surface area (Å²) in [6.07, 6.45) is 14.0. The number of methoxy groups -OCH3 is 1. The quantitative estimate of drug-likeness (QED) is 0.538. The number of halogens is 1. The van der Waals surface area contributed by atoms with Gasteiger partial charge in [-0.2, -0.15) is 0 Å². The van der Waals surface area contributed by atoms with Crippen LogP contribution in [0.2, 0.25) is 0 Å². The lowest BCUT2D eigenvalue weighted by Gasteiger charge is -2.42. The van der Waals surface area contributed by atoms with Gasteiger partial charge in [0.2, 0.25) is 0 Å². The number of rotatable bonds is 4. The van der Waals surface area contributed by atoms with Gasteiger partial charge in [0.05, 0.1) is 18.8 Å². The number of aromatic nitrogens is 1. The third-order valence-corrected chi connectivity index (χ3v) is 7.99. The Morgan fingerprint density at radius 2 is 2.19 bits per heavy atom. The van der Waals surface area contributed by atoms with Crippen molar-refractivity contribution in [3.05, 3.63) is 48.1 Å². The van der Waals surface area contributed by atoms with E-state index >= 15 is 0 Å². The average Bonchev–Trinajstić information content (AvgIpc) is 3.50. The number of aliphatic imine (C=N–C) groups is 1. The summed E-state index contributed by atoms with van der Waals surface area (Å²) in [6.45, 7) is 3.08. The smallest absolute Gasteiger partial charge is 0.141 e. The Morgan fingerprint density at radius 1 is 1.28 bits per heavy atom. The van der Waals surface area contributed by atoms with Gasteiger partial charge in [0.25, 0.3) is 0 Å². The normalized spacial score (nSPS) is 33.1. The maximum Gasteiger partial charge on any atom is 0.141 e. The van der Waals surface area contributed by atoms with Crippen LogP contribution in [0.15, 0.2) is 47.4 Å². The van der Waals surface area contributed by atoms with E-state index in [9.17, 15) is 0 Å². The minimum atomic E-state index is -0.201. The number of piperazine rings is 1. The Morgan fingerprint density at radius 3 is 3.03 bits per heavy atom. The Kier molecular flexibility index (Phi) is 5.16. The van der Waals surface area contributed by atoms with E-state index in [1.807, 2.05) is 18.3 Å². The third-order valence-electron chi connectivity index (χ3n) is 7.53. The number of piperidine rings is 1. The molecular formula is C24H31ClN6O. The fourth-order valence-corrected chi connectivity index (χ4v) is 6.12. The molecule has 0 amide bonds. The first kappa shape index (κ1) is 20.5. The summed E-state index contributed by atoms with van der Waals surface area (Å²) >= 11 is 7.15. The van der Waals surface area contributed by atoms with Gasteiger partial charge in [0, 0.05) is 37.4 Å². The first-order chi connectivity index (χ1) is 15.7. The van der Waals surface area contributed by atoms with Crippen molar-refractivity contribution in [2.24, 2.45) is 4.99 Å². The molecule has 4 aliphatic heterocycles. The molecule has 1 aliphatic carbocycles. The second kappa shape index (κ2) is 8.04. The van der Waals surface area contributed by atoms with E-state index in [-0.39, 0.29) is 23.6 Å². The van der Waals surface area contributed by atoms with Crippen LogP contribution in [-0.2, 0) is 0 Å². The molecule has 5 heterocycles.